The van der Waals surface area contributed by atoms with Gasteiger partial charge in [-0.1, -0.05) is 79.2 Å². The van der Waals surface area contributed by atoms with E-state index in [9.17, 15) is 107 Å². The standard InChI is InChI=1S/C85H136O39/c1-14-81(10,107)21-15-16-34(2)69(105)119-67-58(99)51(92)36(4)114-76(67)113-33-45-56(97)59(100)68(123-73-50(91)35(3)64(37(5)115-73)120-72-63(104)65(43(89)31-110-72)121-70-60(101)52(93)40(86)28-108-70)77(117-45)124-78(106)85-25-24-79(6,7)26-39(85)38-17-18-47-82(11)22-20-49(80(8,9)46(82)19-23-83(47,12)84(38,13)27-48(85)90)118-74-62(103)57(98)55(96)44(116-74)32-112-75-66(54(95)42(88)30-111-75)122-71-61(102)53(94)41(87)29-109-71/h14,16-17,35-37,39-68,70-77,86-104,107H,1,15,18-33H2,2-13H3/b34-16+/t35-,36-,37-,39-,40+,41+,42-,43+,44+,45+,46-,47+,48+,49-,50+,51-,52-,53-,54-,55+,56+,57-,58+,59-,60+,61+,62+,63+,64+,65-,66+,67+,68+,70-,71-,72-,73-,74-,75-,76+,77-,81-,82-,83+,84+,85+/m0/s1. The van der Waals surface area contributed by atoms with Crippen LogP contribution in [0, 0.1) is 56.2 Å². The molecule has 5 aliphatic carbocycles. The van der Waals surface area contributed by atoms with Crippen LogP contribution in [-0.4, -0.2) is 387 Å². The SMILES string of the molecule is C=C[C@](C)(O)CC/C=C(\C)C(=O)O[C@H]1[C@H](OC[C@H]2O[C@@H](OC(=O)[C@]34CCC(C)(C)C[C@H]3C3=CC[C@@H]5[C@@]6(C)CC[C@H](O[C@@H]7O[C@H](CO[C@@H]8OC[C@H](O)[C@H](O)[C@H]8O[C@@H]8OC[C@@H](O)[C@H](O)[C@H]8O)[C@@H](O)[C@H](O)[C@H]7O)C(C)(C)[C@@H]6CC[C@@]5(C)[C@]3(C)C[C@H]4O)[C@H](O[C@@H]3O[C@@H](C)[C@H](O[C@@H]4OC[C@@H](O)[C@H](O[C@@H]5OC[C@@H](O)[C@H](O)[C@H]5O)[C@H]4O)[C@@H](C)[C@H]3O)[C@@H](O)[C@@H]2O)O[C@@H](C)[C@H](O)[C@H]1O. The molecular weight excluding hydrogens is 1640 g/mol. The second kappa shape index (κ2) is 38.0. The van der Waals surface area contributed by atoms with Crippen molar-refractivity contribution >= 4 is 11.9 Å². The van der Waals surface area contributed by atoms with Gasteiger partial charge in [0.15, 0.2) is 56.2 Å². The number of carbonyl (C=O) groups is 2. The molecule has 12 fully saturated rings. The van der Waals surface area contributed by atoms with Crippen molar-refractivity contribution in [3.8, 4) is 0 Å². The number of allylic oxidation sites excluding steroid dienone is 3. The molecule has 0 unspecified atom stereocenters. The quantitative estimate of drug-likeness (QED) is 0.0192. The number of esters is 2. The van der Waals surface area contributed by atoms with Gasteiger partial charge in [-0.25, -0.2) is 4.79 Å². The minimum atomic E-state index is -2.11. The van der Waals surface area contributed by atoms with Crippen molar-refractivity contribution < 1.29 is 192 Å². The molecule has 8 saturated heterocycles. The van der Waals surface area contributed by atoms with E-state index in [1.807, 2.05) is 0 Å². The molecule has 0 spiro atoms. The summed E-state index contributed by atoms with van der Waals surface area (Å²) in [6, 6.07) is 0. The normalized spacial score (nSPS) is 51.5. The van der Waals surface area contributed by atoms with E-state index in [2.05, 4.69) is 61.1 Å². The third-order valence-electron chi connectivity index (χ3n) is 30.7. The van der Waals surface area contributed by atoms with Crippen LogP contribution in [0.2, 0.25) is 0 Å². The molecule has 8 aliphatic heterocycles. The van der Waals surface area contributed by atoms with Gasteiger partial charge in [0.2, 0.25) is 6.29 Å². The summed E-state index contributed by atoms with van der Waals surface area (Å²) in [5, 5.41) is 224. The molecule has 0 aromatic carbocycles. The summed E-state index contributed by atoms with van der Waals surface area (Å²) >= 11 is 0. The molecule has 124 heavy (non-hydrogen) atoms. The number of fused-ring (bicyclic) bond motifs is 7. The maximum atomic E-state index is 16.4. The number of rotatable bonds is 24. The van der Waals surface area contributed by atoms with E-state index >= 15 is 4.79 Å². The third-order valence-corrected chi connectivity index (χ3v) is 30.7. The second-order valence-electron chi connectivity index (χ2n) is 39.6. The number of hydrogen-bond acceptors (Lipinski definition) is 39. The van der Waals surface area contributed by atoms with Gasteiger partial charge in [0, 0.05) is 11.5 Å². The fraction of sp³-hybridized carbons (Fsp3) is 0.906. The zero-order chi connectivity index (χ0) is 90.6. The lowest BCUT2D eigenvalue weighted by Crippen LogP contribution is -2.68. The Hall–Kier alpha value is -3.24. The molecule has 0 radical (unpaired) electrons. The second-order valence-corrected chi connectivity index (χ2v) is 39.6. The van der Waals surface area contributed by atoms with E-state index in [4.69, 9.17) is 80.5 Å². The molecule has 0 aromatic heterocycles. The number of hydrogen-bond donors (Lipinski definition) is 20. The largest absolute Gasteiger partial charge is 0.451 e. The van der Waals surface area contributed by atoms with E-state index in [1.54, 1.807) is 13.8 Å². The van der Waals surface area contributed by atoms with Gasteiger partial charge in [0.1, 0.15) is 140 Å². The molecular formula is C85H136O39. The summed E-state index contributed by atoms with van der Waals surface area (Å²) < 4.78 is 103. The van der Waals surface area contributed by atoms with Gasteiger partial charge in [-0.15, -0.1) is 6.58 Å². The zero-order valence-corrected chi connectivity index (χ0v) is 72.3. The van der Waals surface area contributed by atoms with E-state index in [0.29, 0.717) is 44.9 Å². The smallest absolute Gasteiger partial charge is 0.333 e. The first-order chi connectivity index (χ1) is 58.1. The van der Waals surface area contributed by atoms with Gasteiger partial charge >= 0.3 is 11.9 Å². The molecule has 0 bridgehead atoms. The highest BCUT2D eigenvalue weighted by Crippen LogP contribution is 2.76. The molecule has 13 aliphatic rings. The minimum Gasteiger partial charge on any atom is -0.451 e. The molecule has 0 amide bonds. The van der Waals surface area contributed by atoms with Crippen molar-refractivity contribution in [1.82, 2.24) is 0 Å². The van der Waals surface area contributed by atoms with Crippen molar-refractivity contribution in [2.75, 3.05) is 39.6 Å². The van der Waals surface area contributed by atoms with E-state index in [-0.39, 0.29) is 43.1 Å². The Kier molecular flexibility index (Phi) is 30.1. The summed E-state index contributed by atoms with van der Waals surface area (Å²) in [6.07, 6.45) is -50.1. The average molecular weight is 1780 g/mol. The van der Waals surface area contributed by atoms with Gasteiger partial charge in [0.25, 0.3) is 0 Å². The van der Waals surface area contributed by atoms with Crippen LogP contribution in [-0.2, 0) is 90.1 Å². The topological polar surface area (TPSA) is 596 Å². The molecule has 39 heteroatoms. The Morgan fingerprint density at radius 1 is 0.492 bits per heavy atom. The van der Waals surface area contributed by atoms with Crippen LogP contribution in [0.1, 0.15) is 154 Å². The lowest BCUT2D eigenvalue weighted by Gasteiger charge is -2.71. The predicted octanol–water partition coefficient (Wildman–Crippen LogP) is -3.67. The van der Waals surface area contributed by atoms with Crippen LogP contribution in [0.3, 0.4) is 0 Å². The highest BCUT2D eigenvalue weighted by molar-refractivity contribution is 5.88. The van der Waals surface area contributed by atoms with Crippen molar-refractivity contribution in [1.29, 1.82) is 0 Å². The summed E-state index contributed by atoms with van der Waals surface area (Å²) in [7, 11) is 0. The summed E-state index contributed by atoms with van der Waals surface area (Å²) in [4.78, 5) is 30.1. The molecule has 0 aromatic rings. The third kappa shape index (κ3) is 18.6. The lowest BCUT2D eigenvalue weighted by molar-refractivity contribution is -0.377. The zero-order valence-electron chi connectivity index (χ0n) is 72.3. The van der Waals surface area contributed by atoms with Gasteiger partial charge in [-0.2, -0.15) is 0 Å². The van der Waals surface area contributed by atoms with Crippen molar-refractivity contribution in [2.24, 2.45) is 56.2 Å². The molecule has 39 nitrogen and oxygen atoms in total. The predicted molar refractivity (Wildman–Crippen MR) is 419 cm³/mol. The van der Waals surface area contributed by atoms with Gasteiger partial charge < -0.3 is 183 Å². The van der Waals surface area contributed by atoms with Crippen LogP contribution in [0.15, 0.2) is 36.0 Å². The van der Waals surface area contributed by atoms with Crippen LogP contribution in [0.4, 0.5) is 0 Å². The molecule has 4 saturated carbocycles. The number of carbonyl (C=O) groups excluding carboxylic acids is 2. The summed E-state index contributed by atoms with van der Waals surface area (Å²) in [6.45, 7) is 23.1. The summed E-state index contributed by atoms with van der Waals surface area (Å²) in [5.41, 5.74) is -4.77. The van der Waals surface area contributed by atoms with Gasteiger partial charge in [-0.05, 0) is 143 Å². The highest BCUT2D eigenvalue weighted by Gasteiger charge is 2.73. The minimum absolute atomic E-state index is 0.0365. The molecule has 8 heterocycles. The number of aliphatic hydroxyl groups excluding tert-OH is 19. The Morgan fingerprint density at radius 2 is 1.01 bits per heavy atom. The maximum absolute atomic E-state index is 16.4. The lowest BCUT2D eigenvalue weighted by atomic mass is 9.33. The fourth-order valence-corrected chi connectivity index (χ4v) is 22.5. The van der Waals surface area contributed by atoms with E-state index in [0.717, 1.165) is 5.57 Å². The van der Waals surface area contributed by atoms with Gasteiger partial charge in [0.05, 0.1) is 75.8 Å². The van der Waals surface area contributed by atoms with Crippen LogP contribution in [0.25, 0.3) is 0 Å². The van der Waals surface area contributed by atoms with E-state index in [1.165, 1.54) is 32.9 Å². The van der Waals surface area contributed by atoms with E-state index < -0.39 is 329 Å². The Morgan fingerprint density at radius 3 is 1.64 bits per heavy atom. The molecule has 46 atom stereocenters. The first-order valence-electron chi connectivity index (χ1n) is 43.7. The Labute approximate surface area is 719 Å². The number of ether oxygens (including phenoxy) is 17. The first kappa shape index (κ1) is 98.3. The Bertz CT molecular complexity index is 3690. The van der Waals surface area contributed by atoms with Crippen LogP contribution in [0.5, 0.6) is 0 Å². The summed E-state index contributed by atoms with van der Waals surface area (Å²) in [5.74, 6) is -3.69. The first-order valence-corrected chi connectivity index (χ1v) is 43.7. The van der Waals surface area contributed by atoms with Crippen LogP contribution >= 0.6 is 0 Å². The van der Waals surface area contributed by atoms with Gasteiger partial charge in [-0.3, -0.25) is 4.79 Å². The average Bonchev–Trinajstić information content (AvgIpc) is 0.669. The number of aliphatic hydroxyl groups is 20. The monoisotopic (exact) mass is 1780 g/mol. The molecule has 710 valence electrons. The fourth-order valence-electron chi connectivity index (χ4n) is 22.5. The molecule has 20 N–H and O–H groups in total. The van der Waals surface area contributed by atoms with Crippen molar-refractivity contribution in [3.63, 3.8) is 0 Å². The Balaban J connectivity index is 0.738. The highest BCUT2D eigenvalue weighted by atomic mass is 16.8. The van der Waals surface area contributed by atoms with Crippen molar-refractivity contribution in [3.05, 3.63) is 36.0 Å². The van der Waals surface area contributed by atoms with Crippen LogP contribution < -0.4 is 0 Å². The molecule has 13 rings (SSSR count). The van der Waals surface area contributed by atoms with Crippen molar-refractivity contribution in [2.45, 2.75) is 387 Å². The maximum Gasteiger partial charge on any atom is 0.333 e.